The first-order valence-corrected chi connectivity index (χ1v) is 8.40. The highest BCUT2D eigenvalue weighted by Crippen LogP contribution is 2.41. The Morgan fingerprint density at radius 3 is 2.79 bits per heavy atom. The van der Waals surface area contributed by atoms with Crippen molar-refractivity contribution in [2.24, 2.45) is 10.4 Å². The van der Waals surface area contributed by atoms with E-state index in [2.05, 4.69) is 22.5 Å². The van der Waals surface area contributed by atoms with Crippen LogP contribution in [-0.2, 0) is 4.79 Å². The highest BCUT2D eigenvalue weighted by Gasteiger charge is 2.34. The number of rotatable bonds is 4. The third kappa shape index (κ3) is 4.41. The average Bonchev–Trinajstić information content (AvgIpc) is 2.45. The van der Waals surface area contributed by atoms with Crippen molar-refractivity contribution >= 4 is 22.8 Å². The Kier molecular flexibility index (Phi) is 5.55. The van der Waals surface area contributed by atoms with Crippen LogP contribution in [0.4, 0.5) is 0 Å². The fraction of sp³-hybridized carbons (Fsp3) is 0.857. The molecule has 1 aliphatic carbocycles. The molecular formula is C14H25N3OS. The molecule has 5 heteroatoms. The summed E-state index contributed by atoms with van der Waals surface area (Å²) in [4.78, 5) is 16.1. The summed E-state index contributed by atoms with van der Waals surface area (Å²) in [6.07, 6.45) is 7.74. The molecule has 0 bridgehead atoms. The van der Waals surface area contributed by atoms with Crippen LogP contribution in [0.25, 0.3) is 0 Å². The summed E-state index contributed by atoms with van der Waals surface area (Å²) in [5.74, 6) is 1.22. The van der Waals surface area contributed by atoms with Crippen LogP contribution in [0.5, 0.6) is 0 Å². The summed E-state index contributed by atoms with van der Waals surface area (Å²) >= 11 is 1.79. The topological polar surface area (TPSA) is 53.5 Å². The minimum Gasteiger partial charge on any atom is -0.356 e. The Balaban J connectivity index is 1.73. The summed E-state index contributed by atoms with van der Waals surface area (Å²) in [6.45, 7) is 4.10. The van der Waals surface area contributed by atoms with E-state index in [4.69, 9.17) is 0 Å². The minimum absolute atomic E-state index is 0.0584. The average molecular weight is 283 g/mol. The maximum Gasteiger partial charge on any atom is 0.239 e. The van der Waals surface area contributed by atoms with E-state index in [1.54, 1.807) is 11.8 Å². The first-order valence-electron chi connectivity index (χ1n) is 7.42. The molecule has 0 atom stereocenters. The molecule has 0 aromatic heterocycles. The summed E-state index contributed by atoms with van der Waals surface area (Å²) in [7, 11) is 0. The van der Waals surface area contributed by atoms with E-state index in [9.17, 15) is 4.79 Å². The maximum atomic E-state index is 11.5. The molecule has 1 spiro atoms. The van der Waals surface area contributed by atoms with Crippen LogP contribution in [0.3, 0.4) is 0 Å². The molecule has 1 amide bonds. The predicted molar refractivity (Wildman–Crippen MR) is 81.6 cm³/mol. The second-order valence-electron chi connectivity index (χ2n) is 5.67. The molecule has 0 aromatic rings. The summed E-state index contributed by atoms with van der Waals surface area (Å²) in [5.41, 5.74) is 0.457. The van der Waals surface area contributed by atoms with E-state index >= 15 is 0 Å². The number of hydrogen-bond acceptors (Lipinski definition) is 4. The lowest BCUT2D eigenvalue weighted by Crippen LogP contribution is -2.40. The van der Waals surface area contributed by atoms with Gasteiger partial charge in [-0.15, -0.1) is 0 Å². The van der Waals surface area contributed by atoms with E-state index in [0.29, 0.717) is 12.0 Å². The Hall–Kier alpha value is -0.710. The third-order valence-electron chi connectivity index (χ3n) is 3.96. The third-order valence-corrected chi connectivity index (χ3v) is 5.26. The van der Waals surface area contributed by atoms with E-state index in [0.717, 1.165) is 30.4 Å². The van der Waals surface area contributed by atoms with Crippen LogP contribution in [0, 0.1) is 5.41 Å². The number of nitrogens with zero attached hydrogens (tertiary/aromatic N) is 1. The number of hydrogen-bond donors (Lipinski definition) is 2. The minimum atomic E-state index is 0.0584. The van der Waals surface area contributed by atoms with Gasteiger partial charge in [0.05, 0.1) is 6.54 Å². The lowest BCUT2D eigenvalue weighted by Gasteiger charge is -2.38. The van der Waals surface area contributed by atoms with E-state index in [1.807, 2.05) is 0 Å². The number of aliphatic imine (C=N–C) groups is 1. The van der Waals surface area contributed by atoms with Crippen LogP contribution in [-0.4, -0.2) is 36.5 Å². The second kappa shape index (κ2) is 7.17. The number of thioether (sulfide) groups is 1. The Bertz CT molecular complexity index is 338. The van der Waals surface area contributed by atoms with Crippen molar-refractivity contribution in [3.05, 3.63) is 0 Å². The van der Waals surface area contributed by atoms with Crippen LogP contribution < -0.4 is 10.6 Å². The van der Waals surface area contributed by atoms with Crippen molar-refractivity contribution in [3.8, 4) is 0 Å². The SMILES string of the molecule is CCCNC(=O)CNC1=NCC2(CCCCC2)CS1. The highest BCUT2D eigenvalue weighted by molar-refractivity contribution is 8.13. The van der Waals surface area contributed by atoms with Crippen LogP contribution in [0.15, 0.2) is 4.99 Å². The van der Waals surface area contributed by atoms with Gasteiger partial charge in [-0.1, -0.05) is 37.9 Å². The standard InChI is InChI=1S/C14H25N3OS/c1-2-8-15-12(18)9-16-13-17-10-14(11-19-13)6-4-3-5-7-14/h2-11H2,1H3,(H,15,18)(H,16,17). The zero-order valence-electron chi connectivity index (χ0n) is 11.8. The summed E-state index contributed by atoms with van der Waals surface area (Å²) in [5, 5.41) is 6.96. The van der Waals surface area contributed by atoms with Crippen LogP contribution >= 0.6 is 11.8 Å². The molecular weight excluding hydrogens is 258 g/mol. The molecule has 1 heterocycles. The number of amidine groups is 1. The van der Waals surface area contributed by atoms with Gasteiger partial charge < -0.3 is 10.6 Å². The number of nitrogens with one attached hydrogen (secondary N) is 2. The second-order valence-corrected chi connectivity index (χ2v) is 6.64. The van der Waals surface area contributed by atoms with Crippen molar-refractivity contribution in [3.63, 3.8) is 0 Å². The first kappa shape index (κ1) is 14.7. The molecule has 2 rings (SSSR count). The van der Waals surface area contributed by atoms with E-state index in [-0.39, 0.29) is 5.91 Å². The molecule has 19 heavy (non-hydrogen) atoms. The summed E-state index contributed by atoms with van der Waals surface area (Å²) in [6, 6.07) is 0. The molecule has 1 fully saturated rings. The van der Waals surface area contributed by atoms with Gasteiger partial charge in [-0.05, 0) is 24.7 Å². The molecule has 1 saturated carbocycles. The smallest absolute Gasteiger partial charge is 0.239 e. The van der Waals surface area contributed by atoms with Gasteiger partial charge >= 0.3 is 0 Å². The normalized spacial score (nSPS) is 21.8. The largest absolute Gasteiger partial charge is 0.356 e. The molecule has 1 aliphatic heterocycles. The maximum absolute atomic E-state index is 11.5. The van der Waals surface area contributed by atoms with E-state index in [1.165, 1.54) is 32.1 Å². The highest BCUT2D eigenvalue weighted by atomic mass is 32.2. The lowest BCUT2D eigenvalue weighted by atomic mass is 9.75. The van der Waals surface area contributed by atoms with Gasteiger partial charge in [-0.2, -0.15) is 0 Å². The van der Waals surface area contributed by atoms with Gasteiger partial charge in [0.2, 0.25) is 5.91 Å². The van der Waals surface area contributed by atoms with Gasteiger partial charge in [-0.25, -0.2) is 0 Å². The van der Waals surface area contributed by atoms with Gasteiger partial charge in [0.1, 0.15) is 0 Å². The van der Waals surface area contributed by atoms with Gasteiger partial charge in [-0.3, -0.25) is 9.79 Å². The van der Waals surface area contributed by atoms with Crippen molar-refractivity contribution < 1.29 is 4.79 Å². The van der Waals surface area contributed by atoms with Crippen molar-refractivity contribution in [2.45, 2.75) is 45.4 Å². The number of amides is 1. The summed E-state index contributed by atoms with van der Waals surface area (Å²) < 4.78 is 0. The number of carbonyl (C=O) groups excluding carboxylic acids is 1. The molecule has 0 unspecified atom stereocenters. The van der Waals surface area contributed by atoms with Gasteiger partial charge in [0.25, 0.3) is 0 Å². The predicted octanol–water partition coefficient (Wildman–Crippen LogP) is 2.16. The van der Waals surface area contributed by atoms with Crippen molar-refractivity contribution in [1.82, 2.24) is 10.6 Å². The van der Waals surface area contributed by atoms with Gasteiger partial charge in [0, 0.05) is 18.8 Å². The van der Waals surface area contributed by atoms with Crippen LogP contribution in [0.2, 0.25) is 0 Å². The Morgan fingerprint density at radius 2 is 2.16 bits per heavy atom. The zero-order chi connectivity index (χ0) is 13.6. The lowest BCUT2D eigenvalue weighted by molar-refractivity contribution is -0.119. The molecule has 0 radical (unpaired) electrons. The Morgan fingerprint density at radius 1 is 1.37 bits per heavy atom. The number of carbonyl (C=O) groups is 1. The van der Waals surface area contributed by atoms with Crippen molar-refractivity contribution in [1.29, 1.82) is 0 Å². The molecule has 4 nitrogen and oxygen atoms in total. The molecule has 2 aliphatic rings. The fourth-order valence-electron chi connectivity index (χ4n) is 2.75. The molecule has 0 saturated heterocycles. The quantitative estimate of drug-likeness (QED) is 0.831. The first-order chi connectivity index (χ1) is 9.24. The van der Waals surface area contributed by atoms with E-state index < -0.39 is 0 Å². The fourth-order valence-corrected chi connectivity index (χ4v) is 3.90. The molecule has 108 valence electrons. The van der Waals surface area contributed by atoms with Crippen LogP contribution in [0.1, 0.15) is 45.4 Å². The molecule has 0 aromatic carbocycles. The monoisotopic (exact) mass is 283 g/mol. The zero-order valence-corrected chi connectivity index (χ0v) is 12.7. The van der Waals surface area contributed by atoms with Gasteiger partial charge in [0.15, 0.2) is 5.17 Å². The Labute approximate surface area is 120 Å². The van der Waals surface area contributed by atoms with Crippen molar-refractivity contribution in [2.75, 3.05) is 25.4 Å². The molecule has 2 N–H and O–H groups in total.